The average Bonchev–Trinajstić information content (AvgIpc) is 2.76. The van der Waals surface area contributed by atoms with Crippen LogP contribution in [0.15, 0.2) is 103 Å². The predicted octanol–water partition coefficient (Wildman–Crippen LogP) is 6.26. The number of rotatable bonds is 6. The number of hydrogen-bond acceptors (Lipinski definition) is 2. The van der Waals surface area contributed by atoms with E-state index < -0.39 is 0 Å². The largest absolute Gasteiger partial charge is 0.362 e. The predicted molar refractivity (Wildman–Crippen MR) is 117 cm³/mol. The monoisotopic (exact) mass is 364 g/mol. The molecule has 0 fully saturated rings. The van der Waals surface area contributed by atoms with Crippen LogP contribution in [0.25, 0.3) is 11.1 Å². The van der Waals surface area contributed by atoms with E-state index in [1.807, 2.05) is 18.5 Å². The molecule has 0 radical (unpaired) electrons. The van der Waals surface area contributed by atoms with Gasteiger partial charge in [-0.15, -0.1) is 0 Å². The lowest BCUT2D eigenvalue weighted by Crippen LogP contribution is -2.22. The van der Waals surface area contributed by atoms with Gasteiger partial charge in [0.25, 0.3) is 0 Å². The molecule has 0 bridgehead atoms. The standard InChI is InChI=1S/C26H24N2/c1-21-9-11-22(12-10-21)19-28(26-8-5-17-27-18-26)20-23-13-15-25(16-14-23)24-6-3-2-4-7-24/h2-18H,19-20H2,1H3. The Morgan fingerprint density at radius 3 is 1.86 bits per heavy atom. The number of nitrogens with zero attached hydrogens (tertiary/aromatic N) is 2. The second kappa shape index (κ2) is 8.53. The number of pyridine rings is 1. The SMILES string of the molecule is Cc1ccc(CN(Cc2ccc(-c3ccccc3)cc2)c2cccnc2)cc1. The molecule has 1 heterocycles. The lowest BCUT2D eigenvalue weighted by Gasteiger charge is -2.25. The Labute approximate surface area is 167 Å². The third kappa shape index (κ3) is 4.47. The fourth-order valence-electron chi connectivity index (χ4n) is 3.35. The van der Waals surface area contributed by atoms with Crippen LogP contribution in [0, 0.1) is 6.92 Å². The number of anilines is 1. The summed E-state index contributed by atoms with van der Waals surface area (Å²) in [7, 11) is 0. The van der Waals surface area contributed by atoms with Gasteiger partial charge >= 0.3 is 0 Å². The molecular formula is C26H24N2. The summed E-state index contributed by atoms with van der Waals surface area (Å²) in [5, 5.41) is 0. The minimum absolute atomic E-state index is 0.842. The number of benzene rings is 3. The Morgan fingerprint density at radius 2 is 1.25 bits per heavy atom. The van der Waals surface area contributed by atoms with Crippen LogP contribution in [0.1, 0.15) is 16.7 Å². The van der Waals surface area contributed by atoms with E-state index in [1.165, 1.54) is 27.8 Å². The van der Waals surface area contributed by atoms with Gasteiger partial charge < -0.3 is 4.90 Å². The molecular weight excluding hydrogens is 340 g/mol. The van der Waals surface area contributed by atoms with Crippen LogP contribution < -0.4 is 4.90 Å². The third-order valence-electron chi connectivity index (χ3n) is 4.94. The molecule has 0 amide bonds. The van der Waals surface area contributed by atoms with Gasteiger partial charge in [0.2, 0.25) is 0 Å². The first-order chi connectivity index (χ1) is 13.8. The Bertz CT molecular complexity index is 992. The highest BCUT2D eigenvalue weighted by atomic mass is 15.1. The molecule has 2 heteroatoms. The second-order valence-electron chi connectivity index (χ2n) is 7.12. The van der Waals surface area contributed by atoms with Crippen LogP contribution in [0.4, 0.5) is 5.69 Å². The number of hydrogen-bond donors (Lipinski definition) is 0. The summed E-state index contributed by atoms with van der Waals surface area (Å²) in [6.07, 6.45) is 3.76. The van der Waals surface area contributed by atoms with Crippen molar-refractivity contribution in [2.75, 3.05) is 4.90 Å². The van der Waals surface area contributed by atoms with Crippen LogP contribution in [0.3, 0.4) is 0 Å². The second-order valence-corrected chi connectivity index (χ2v) is 7.12. The minimum atomic E-state index is 0.842. The first kappa shape index (κ1) is 18.0. The molecule has 0 N–H and O–H groups in total. The van der Waals surface area contributed by atoms with Crippen molar-refractivity contribution in [3.05, 3.63) is 120 Å². The molecule has 0 unspecified atom stereocenters. The zero-order chi connectivity index (χ0) is 19.2. The molecule has 2 nitrogen and oxygen atoms in total. The lowest BCUT2D eigenvalue weighted by molar-refractivity contribution is 0.797. The van der Waals surface area contributed by atoms with Crippen molar-refractivity contribution in [2.45, 2.75) is 20.0 Å². The smallest absolute Gasteiger partial charge is 0.0558 e. The van der Waals surface area contributed by atoms with E-state index in [0.717, 1.165) is 18.8 Å². The summed E-state index contributed by atoms with van der Waals surface area (Å²) in [4.78, 5) is 6.69. The van der Waals surface area contributed by atoms with Crippen molar-refractivity contribution < 1.29 is 0 Å². The minimum Gasteiger partial charge on any atom is -0.362 e. The van der Waals surface area contributed by atoms with E-state index in [9.17, 15) is 0 Å². The fraction of sp³-hybridized carbons (Fsp3) is 0.115. The molecule has 1 aromatic heterocycles. The van der Waals surface area contributed by atoms with Gasteiger partial charge in [0.1, 0.15) is 0 Å². The van der Waals surface area contributed by atoms with Gasteiger partial charge in [-0.25, -0.2) is 0 Å². The highest BCUT2D eigenvalue weighted by molar-refractivity contribution is 5.63. The first-order valence-electron chi connectivity index (χ1n) is 9.63. The lowest BCUT2D eigenvalue weighted by atomic mass is 10.0. The third-order valence-corrected chi connectivity index (χ3v) is 4.94. The molecule has 0 aliphatic rings. The van der Waals surface area contributed by atoms with E-state index in [2.05, 4.69) is 102 Å². The van der Waals surface area contributed by atoms with Gasteiger partial charge in [-0.05, 0) is 41.3 Å². The Hall–Kier alpha value is -3.39. The topological polar surface area (TPSA) is 16.1 Å². The van der Waals surface area contributed by atoms with Crippen LogP contribution in [0.2, 0.25) is 0 Å². The van der Waals surface area contributed by atoms with Crippen molar-refractivity contribution in [2.24, 2.45) is 0 Å². The summed E-state index contributed by atoms with van der Waals surface area (Å²) in [6, 6.07) is 32.2. The van der Waals surface area contributed by atoms with Gasteiger partial charge in [0, 0.05) is 19.3 Å². The highest BCUT2D eigenvalue weighted by Crippen LogP contribution is 2.23. The summed E-state index contributed by atoms with van der Waals surface area (Å²) in [5.74, 6) is 0. The van der Waals surface area contributed by atoms with Crippen LogP contribution in [0.5, 0.6) is 0 Å². The van der Waals surface area contributed by atoms with Crippen molar-refractivity contribution >= 4 is 5.69 Å². The molecule has 28 heavy (non-hydrogen) atoms. The van der Waals surface area contributed by atoms with Crippen molar-refractivity contribution in [1.82, 2.24) is 4.98 Å². The van der Waals surface area contributed by atoms with Gasteiger partial charge in [0.05, 0.1) is 11.9 Å². The summed E-state index contributed by atoms with van der Waals surface area (Å²) in [5.41, 5.74) is 7.50. The summed E-state index contributed by atoms with van der Waals surface area (Å²) < 4.78 is 0. The van der Waals surface area contributed by atoms with E-state index in [1.54, 1.807) is 0 Å². The van der Waals surface area contributed by atoms with E-state index in [0.29, 0.717) is 0 Å². The van der Waals surface area contributed by atoms with Gasteiger partial charge in [-0.3, -0.25) is 4.98 Å². The van der Waals surface area contributed by atoms with Crippen molar-refractivity contribution in [3.63, 3.8) is 0 Å². The number of aryl methyl sites for hydroxylation is 1. The van der Waals surface area contributed by atoms with E-state index >= 15 is 0 Å². The molecule has 0 atom stereocenters. The maximum atomic E-state index is 4.32. The Kier molecular flexibility index (Phi) is 5.48. The molecule has 0 aliphatic carbocycles. The molecule has 4 rings (SSSR count). The molecule has 138 valence electrons. The van der Waals surface area contributed by atoms with Crippen LogP contribution in [-0.4, -0.2) is 4.98 Å². The molecule has 3 aromatic carbocycles. The van der Waals surface area contributed by atoms with Crippen LogP contribution >= 0.6 is 0 Å². The van der Waals surface area contributed by atoms with Crippen molar-refractivity contribution in [1.29, 1.82) is 0 Å². The molecule has 0 aliphatic heterocycles. The molecule has 0 spiro atoms. The number of aromatic nitrogens is 1. The summed E-state index contributed by atoms with van der Waals surface area (Å²) >= 11 is 0. The normalized spacial score (nSPS) is 10.6. The maximum absolute atomic E-state index is 4.32. The van der Waals surface area contributed by atoms with E-state index in [-0.39, 0.29) is 0 Å². The molecule has 4 aromatic rings. The first-order valence-corrected chi connectivity index (χ1v) is 9.63. The Balaban J connectivity index is 1.56. The zero-order valence-corrected chi connectivity index (χ0v) is 16.1. The van der Waals surface area contributed by atoms with Gasteiger partial charge in [-0.2, -0.15) is 0 Å². The maximum Gasteiger partial charge on any atom is 0.0558 e. The molecule has 0 saturated carbocycles. The summed E-state index contributed by atoms with van der Waals surface area (Å²) in [6.45, 7) is 3.82. The zero-order valence-electron chi connectivity index (χ0n) is 16.1. The van der Waals surface area contributed by atoms with Crippen LogP contribution in [-0.2, 0) is 13.1 Å². The molecule has 0 saturated heterocycles. The van der Waals surface area contributed by atoms with Crippen molar-refractivity contribution in [3.8, 4) is 11.1 Å². The highest BCUT2D eigenvalue weighted by Gasteiger charge is 2.09. The average molecular weight is 364 g/mol. The van der Waals surface area contributed by atoms with Gasteiger partial charge in [0.15, 0.2) is 0 Å². The fourth-order valence-corrected chi connectivity index (χ4v) is 3.35. The van der Waals surface area contributed by atoms with E-state index in [4.69, 9.17) is 0 Å². The Morgan fingerprint density at radius 1 is 0.643 bits per heavy atom. The van der Waals surface area contributed by atoms with Gasteiger partial charge in [-0.1, -0.05) is 84.4 Å². The quantitative estimate of drug-likeness (QED) is 0.401.